The molecule has 0 aliphatic heterocycles. The summed E-state index contributed by atoms with van der Waals surface area (Å²) in [7, 11) is 3.09. The van der Waals surface area contributed by atoms with Crippen LogP contribution in [0.3, 0.4) is 0 Å². The smallest absolute Gasteiger partial charge is 0.332 e. The van der Waals surface area contributed by atoms with Crippen molar-refractivity contribution in [3.05, 3.63) is 20.8 Å². The van der Waals surface area contributed by atoms with E-state index in [1.54, 1.807) is 7.11 Å². The third-order valence-electron chi connectivity index (χ3n) is 3.11. The standard InChI is InChI=1S/C13H24N4O3/c1-5-6-17-11(14)10(12(18)16(3)13(17)19)15-7-9(2)8-20-4/h9,15H,5-8,14H2,1-4H3. The topological polar surface area (TPSA) is 91.3 Å². The molecule has 114 valence electrons. The second kappa shape index (κ2) is 7.14. The summed E-state index contributed by atoms with van der Waals surface area (Å²) in [5.41, 5.74) is 5.45. The molecule has 0 radical (unpaired) electrons. The quantitative estimate of drug-likeness (QED) is 0.748. The Labute approximate surface area is 118 Å². The SMILES string of the molecule is CCCn1c(N)c(NCC(C)COC)c(=O)n(C)c1=O. The fourth-order valence-electron chi connectivity index (χ4n) is 2.01. The second-order valence-electron chi connectivity index (χ2n) is 5.00. The molecule has 1 atom stereocenters. The van der Waals surface area contributed by atoms with Crippen molar-refractivity contribution in [2.45, 2.75) is 26.8 Å². The van der Waals surface area contributed by atoms with Gasteiger partial charge in [-0.05, 0) is 12.3 Å². The molecule has 0 saturated carbocycles. The summed E-state index contributed by atoms with van der Waals surface area (Å²) in [5, 5.41) is 3.03. The van der Waals surface area contributed by atoms with Crippen LogP contribution in [-0.2, 0) is 18.3 Å². The normalized spacial score (nSPS) is 12.4. The first-order valence-corrected chi connectivity index (χ1v) is 6.76. The maximum absolute atomic E-state index is 12.1. The largest absolute Gasteiger partial charge is 0.384 e. The number of aromatic nitrogens is 2. The summed E-state index contributed by atoms with van der Waals surface area (Å²) in [5.74, 6) is 0.431. The number of nitrogens with zero attached hydrogens (tertiary/aromatic N) is 2. The zero-order valence-corrected chi connectivity index (χ0v) is 12.6. The summed E-state index contributed by atoms with van der Waals surface area (Å²) in [6.45, 7) is 5.57. The molecule has 1 aromatic heterocycles. The van der Waals surface area contributed by atoms with Gasteiger partial charge >= 0.3 is 5.69 Å². The Bertz CT molecular complexity index is 562. The predicted molar refractivity (Wildman–Crippen MR) is 80.2 cm³/mol. The number of nitrogens with two attached hydrogens (primary N) is 1. The van der Waals surface area contributed by atoms with E-state index in [4.69, 9.17) is 10.5 Å². The summed E-state index contributed by atoms with van der Waals surface area (Å²) in [4.78, 5) is 24.1. The van der Waals surface area contributed by atoms with Gasteiger partial charge in [0, 0.05) is 27.2 Å². The molecule has 3 N–H and O–H groups in total. The molecule has 0 aliphatic rings. The van der Waals surface area contributed by atoms with Crippen LogP contribution in [0.4, 0.5) is 11.5 Å². The highest BCUT2D eigenvalue weighted by Gasteiger charge is 2.15. The summed E-state index contributed by atoms with van der Waals surface area (Å²) < 4.78 is 7.55. The van der Waals surface area contributed by atoms with Crippen molar-refractivity contribution in [1.82, 2.24) is 9.13 Å². The lowest BCUT2D eigenvalue weighted by Crippen LogP contribution is -2.41. The van der Waals surface area contributed by atoms with Gasteiger partial charge in [0.2, 0.25) is 0 Å². The van der Waals surface area contributed by atoms with E-state index in [-0.39, 0.29) is 23.1 Å². The highest BCUT2D eigenvalue weighted by atomic mass is 16.5. The Morgan fingerprint density at radius 3 is 2.60 bits per heavy atom. The Balaban J connectivity index is 3.13. The molecular formula is C13H24N4O3. The molecule has 0 spiro atoms. The third kappa shape index (κ3) is 3.41. The monoisotopic (exact) mass is 284 g/mol. The van der Waals surface area contributed by atoms with E-state index in [0.29, 0.717) is 19.7 Å². The fourth-order valence-corrected chi connectivity index (χ4v) is 2.01. The average Bonchev–Trinajstić information content (AvgIpc) is 2.41. The first kappa shape index (κ1) is 16.3. The second-order valence-corrected chi connectivity index (χ2v) is 5.00. The van der Waals surface area contributed by atoms with E-state index in [1.807, 2.05) is 13.8 Å². The van der Waals surface area contributed by atoms with Gasteiger partial charge in [-0.2, -0.15) is 0 Å². The van der Waals surface area contributed by atoms with Crippen LogP contribution in [0.2, 0.25) is 0 Å². The highest BCUT2D eigenvalue weighted by molar-refractivity contribution is 5.60. The highest BCUT2D eigenvalue weighted by Crippen LogP contribution is 2.11. The molecular weight excluding hydrogens is 260 g/mol. The summed E-state index contributed by atoms with van der Waals surface area (Å²) in [6.07, 6.45) is 0.766. The molecule has 7 heteroatoms. The van der Waals surface area contributed by atoms with Crippen molar-refractivity contribution in [1.29, 1.82) is 0 Å². The zero-order chi connectivity index (χ0) is 15.3. The molecule has 0 bridgehead atoms. The summed E-state index contributed by atoms with van der Waals surface area (Å²) in [6, 6.07) is 0. The minimum atomic E-state index is -0.399. The number of nitrogens with one attached hydrogen (secondary N) is 1. The Morgan fingerprint density at radius 1 is 1.40 bits per heavy atom. The van der Waals surface area contributed by atoms with E-state index in [1.165, 1.54) is 11.6 Å². The molecule has 0 saturated heterocycles. The van der Waals surface area contributed by atoms with Crippen molar-refractivity contribution < 1.29 is 4.74 Å². The first-order chi connectivity index (χ1) is 9.43. The maximum atomic E-state index is 12.1. The van der Waals surface area contributed by atoms with Crippen molar-refractivity contribution in [2.24, 2.45) is 13.0 Å². The van der Waals surface area contributed by atoms with Crippen LogP contribution in [0.15, 0.2) is 9.59 Å². The Kier molecular flexibility index (Phi) is 5.82. The molecule has 1 rings (SSSR count). The van der Waals surface area contributed by atoms with Gasteiger partial charge in [-0.15, -0.1) is 0 Å². The lowest BCUT2D eigenvalue weighted by atomic mass is 10.2. The van der Waals surface area contributed by atoms with Gasteiger partial charge in [0.05, 0.1) is 6.61 Å². The van der Waals surface area contributed by atoms with Gasteiger partial charge in [0.1, 0.15) is 11.5 Å². The van der Waals surface area contributed by atoms with Gasteiger partial charge in [0.25, 0.3) is 5.56 Å². The number of methoxy groups -OCH3 is 1. The molecule has 0 aromatic carbocycles. The van der Waals surface area contributed by atoms with Crippen LogP contribution < -0.4 is 22.3 Å². The molecule has 0 aliphatic carbocycles. The molecule has 20 heavy (non-hydrogen) atoms. The molecule has 1 aromatic rings. The summed E-state index contributed by atoms with van der Waals surface area (Å²) >= 11 is 0. The Hall–Kier alpha value is -1.76. The minimum absolute atomic E-state index is 0.199. The van der Waals surface area contributed by atoms with Gasteiger partial charge in [-0.3, -0.25) is 13.9 Å². The van der Waals surface area contributed by atoms with Crippen LogP contribution in [0.25, 0.3) is 0 Å². The molecule has 0 fully saturated rings. The predicted octanol–water partition coefficient (Wildman–Crippen LogP) is 0.234. The molecule has 7 nitrogen and oxygen atoms in total. The Morgan fingerprint density at radius 2 is 2.05 bits per heavy atom. The van der Waals surface area contributed by atoms with E-state index in [2.05, 4.69) is 5.32 Å². The third-order valence-corrected chi connectivity index (χ3v) is 3.11. The fraction of sp³-hybridized carbons (Fsp3) is 0.692. The number of hydrogen-bond acceptors (Lipinski definition) is 5. The van der Waals surface area contributed by atoms with Crippen molar-refractivity contribution in [3.63, 3.8) is 0 Å². The molecule has 1 unspecified atom stereocenters. The number of nitrogen functional groups attached to an aromatic ring is 1. The first-order valence-electron chi connectivity index (χ1n) is 6.76. The lowest BCUT2D eigenvalue weighted by Gasteiger charge is -2.17. The van der Waals surface area contributed by atoms with Gasteiger partial charge in [0.15, 0.2) is 0 Å². The van der Waals surface area contributed by atoms with E-state index >= 15 is 0 Å². The molecule has 0 amide bonds. The van der Waals surface area contributed by atoms with Crippen LogP contribution >= 0.6 is 0 Å². The minimum Gasteiger partial charge on any atom is -0.384 e. The van der Waals surface area contributed by atoms with Crippen molar-refractivity contribution >= 4 is 11.5 Å². The number of rotatable bonds is 7. The number of anilines is 2. The maximum Gasteiger partial charge on any atom is 0.332 e. The van der Waals surface area contributed by atoms with Crippen molar-refractivity contribution in [3.8, 4) is 0 Å². The van der Waals surface area contributed by atoms with Gasteiger partial charge in [-0.1, -0.05) is 13.8 Å². The van der Waals surface area contributed by atoms with Crippen LogP contribution in [0, 0.1) is 5.92 Å². The average molecular weight is 284 g/mol. The van der Waals surface area contributed by atoms with E-state index in [9.17, 15) is 9.59 Å². The van der Waals surface area contributed by atoms with Crippen LogP contribution in [0.5, 0.6) is 0 Å². The van der Waals surface area contributed by atoms with E-state index in [0.717, 1.165) is 11.0 Å². The van der Waals surface area contributed by atoms with E-state index < -0.39 is 5.56 Å². The van der Waals surface area contributed by atoms with Crippen LogP contribution in [-0.4, -0.2) is 29.4 Å². The number of hydrogen-bond donors (Lipinski definition) is 2. The molecule has 1 heterocycles. The lowest BCUT2D eigenvalue weighted by molar-refractivity contribution is 0.164. The van der Waals surface area contributed by atoms with Crippen LogP contribution in [0.1, 0.15) is 20.3 Å². The number of ether oxygens (including phenoxy) is 1. The van der Waals surface area contributed by atoms with Gasteiger partial charge in [-0.25, -0.2) is 4.79 Å². The zero-order valence-electron chi connectivity index (χ0n) is 12.6. The van der Waals surface area contributed by atoms with Crippen molar-refractivity contribution in [2.75, 3.05) is 31.3 Å². The van der Waals surface area contributed by atoms with Gasteiger partial charge < -0.3 is 15.8 Å².